The van der Waals surface area contributed by atoms with Crippen molar-refractivity contribution in [2.24, 2.45) is 5.73 Å². The SMILES string of the molecule is CCC(C(C)=O)N1CCC1C(N)=O. The second-order valence-corrected chi connectivity index (χ2v) is 3.48. The Bertz CT molecular complexity index is 228. The Hall–Kier alpha value is -0.900. The van der Waals surface area contributed by atoms with Crippen molar-refractivity contribution in [3.63, 3.8) is 0 Å². The van der Waals surface area contributed by atoms with Crippen LogP contribution in [0.2, 0.25) is 0 Å². The molecule has 1 aliphatic rings. The number of nitrogens with two attached hydrogens (primary N) is 1. The van der Waals surface area contributed by atoms with E-state index in [1.54, 1.807) is 6.92 Å². The molecule has 0 radical (unpaired) electrons. The number of carbonyl (C=O) groups is 2. The van der Waals surface area contributed by atoms with Crippen molar-refractivity contribution in [3.05, 3.63) is 0 Å². The van der Waals surface area contributed by atoms with Crippen LogP contribution in [0, 0.1) is 0 Å². The maximum Gasteiger partial charge on any atom is 0.234 e. The highest BCUT2D eigenvalue weighted by Crippen LogP contribution is 2.22. The molecule has 0 aliphatic carbocycles. The first kappa shape index (κ1) is 10.2. The summed E-state index contributed by atoms with van der Waals surface area (Å²) in [5.74, 6) is -0.195. The van der Waals surface area contributed by atoms with E-state index >= 15 is 0 Å². The van der Waals surface area contributed by atoms with Crippen molar-refractivity contribution in [3.8, 4) is 0 Å². The van der Waals surface area contributed by atoms with Crippen molar-refractivity contribution in [1.82, 2.24) is 4.90 Å². The third kappa shape index (κ3) is 1.88. The first-order valence-corrected chi connectivity index (χ1v) is 4.63. The fourth-order valence-corrected chi connectivity index (χ4v) is 1.84. The van der Waals surface area contributed by atoms with Gasteiger partial charge >= 0.3 is 0 Å². The Kier molecular flexibility index (Phi) is 3.03. The lowest BCUT2D eigenvalue weighted by Gasteiger charge is -2.43. The topological polar surface area (TPSA) is 63.4 Å². The lowest BCUT2D eigenvalue weighted by atomic mass is 9.96. The van der Waals surface area contributed by atoms with E-state index in [0.29, 0.717) is 0 Å². The van der Waals surface area contributed by atoms with Gasteiger partial charge in [-0.2, -0.15) is 0 Å². The molecule has 4 heteroatoms. The van der Waals surface area contributed by atoms with Crippen molar-refractivity contribution in [2.75, 3.05) is 6.54 Å². The van der Waals surface area contributed by atoms with Crippen LogP contribution in [0.4, 0.5) is 0 Å². The molecule has 0 aromatic heterocycles. The van der Waals surface area contributed by atoms with Crippen LogP contribution in [0.1, 0.15) is 26.7 Å². The predicted molar refractivity (Wildman–Crippen MR) is 49.1 cm³/mol. The van der Waals surface area contributed by atoms with Gasteiger partial charge in [-0.25, -0.2) is 0 Å². The van der Waals surface area contributed by atoms with Crippen LogP contribution < -0.4 is 5.73 Å². The molecular weight excluding hydrogens is 168 g/mol. The standard InChI is InChI=1S/C9H16N2O2/c1-3-7(6(2)12)11-5-4-8(11)9(10)13/h7-8H,3-5H2,1-2H3,(H2,10,13). The Morgan fingerprint density at radius 2 is 2.23 bits per heavy atom. The number of Topliss-reactive ketones (excluding diaryl/α,β-unsaturated/α-hetero) is 1. The van der Waals surface area contributed by atoms with E-state index in [-0.39, 0.29) is 23.8 Å². The Morgan fingerprint density at radius 1 is 1.62 bits per heavy atom. The van der Waals surface area contributed by atoms with Crippen LogP contribution >= 0.6 is 0 Å². The van der Waals surface area contributed by atoms with Crippen LogP contribution in [0.3, 0.4) is 0 Å². The van der Waals surface area contributed by atoms with Gasteiger partial charge in [0.1, 0.15) is 5.78 Å². The first-order valence-electron chi connectivity index (χ1n) is 4.63. The summed E-state index contributed by atoms with van der Waals surface area (Å²) in [6, 6.07) is -0.333. The van der Waals surface area contributed by atoms with Gasteiger partial charge in [0.25, 0.3) is 0 Å². The number of amides is 1. The molecule has 74 valence electrons. The highest BCUT2D eigenvalue weighted by molar-refractivity contribution is 5.85. The molecule has 0 aromatic rings. The van der Waals surface area contributed by atoms with Gasteiger partial charge in [0.15, 0.2) is 0 Å². The maximum atomic E-state index is 11.2. The predicted octanol–water partition coefficient (Wildman–Crippen LogP) is -0.0864. The monoisotopic (exact) mass is 184 g/mol. The molecular formula is C9H16N2O2. The minimum Gasteiger partial charge on any atom is -0.368 e. The molecule has 0 saturated carbocycles. The van der Waals surface area contributed by atoms with Crippen molar-refractivity contribution in [1.29, 1.82) is 0 Å². The summed E-state index contributed by atoms with van der Waals surface area (Å²) in [7, 11) is 0. The lowest BCUT2D eigenvalue weighted by molar-refractivity contribution is -0.134. The third-order valence-electron chi connectivity index (χ3n) is 2.65. The van der Waals surface area contributed by atoms with Crippen molar-refractivity contribution in [2.45, 2.75) is 38.8 Å². The van der Waals surface area contributed by atoms with E-state index in [4.69, 9.17) is 5.73 Å². The van der Waals surface area contributed by atoms with Crippen molar-refractivity contribution < 1.29 is 9.59 Å². The van der Waals surface area contributed by atoms with Crippen LogP contribution in [0.15, 0.2) is 0 Å². The molecule has 2 unspecified atom stereocenters. The molecule has 1 rings (SSSR count). The van der Waals surface area contributed by atoms with Crippen LogP contribution in [-0.2, 0) is 9.59 Å². The number of hydrogen-bond acceptors (Lipinski definition) is 3. The zero-order valence-electron chi connectivity index (χ0n) is 8.12. The molecule has 1 amide bonds. The summed E-state index contributed by atoms with van der Waals surface area (Å²) in [6.45, 7) is 4.32. The van der Waals surface area contributed by atoms with E-state index in [0.717, 1.165) is 19.4 Å². The quantitative estimate of drug-likeness (QED) is 0.664. The number of carbonyl (C=O) groups excluding carboxylic acids is 2. The molecule has 1 aliphatic heterocycles. The fraction of sp³-hybridized carbons (Fsp3) is 0.778. The minimum absolute atomic E-state index is 0.119. The summed E-state index contributed by atoms with van der Waals surface area (Å²) < 4.78 is 0. The maximum absolute atomic E-state index is 11.2. The van der Waals surface area contributed by atoms with Crippen LogP contribution in [0.5, 0.6) is 0 Å². The van der Waals surface area contributed by atoms with Gasteiger partial charge < -0.3 is 5.73 Å². The minimum atomic E-state index is -0.314. The van der Waals surface area contributed by atoms with E-state index in [2.05, 4.69) is 0 Å². The molecule has 1 saturated heterocycles. The summed E-state index contributed by atoms with van der Waals surface area (Å²) in [4.78, 5) is 24.0. The average molecular weight is 184 g/mol. The molecule has 0 spiro atoms. The van der Waals surface area contributed by atoms with Gasteiger partial charge in [-0.15, -0.1) is 0 Å². The van der Waals surface area contributed by atoms with E-state index in [1.165, 1.54) is 0 Å². The number of hydrogen-bond donors (Lipinski definition) is 1. The van der Waals surface area contributed by atoms with Gasteiger partial charge in [-0.05, 0) is 19.8 Å². The summed E-state index contributed by atoms with van der Waals surface area (Å²) in [5, 5.41) is 0. The fourth-order valence-electron chi connectivity index (χ4n) is 1.84. The highest BCUT2D eigenvalue weighted by Gasteiger charge is 2.38. The average Bonchev–Trinajstić information content (AvgIpc) is 1.95. The summed E-state index contributed by atoms with van der Waals surface area (Å²) >= 11 is 0. The molecule has 0 aromatic carbocycles. The zero-order chi connectivity index (χ0) is 10.0. The van der Waals surface area contributed by atoms with Gasteiger partial charge in [-0.1, -0.05) is 6.92 Å². The molecule has 1 heterocycles. The molecule has 2 atom stereocenters. The second kappa shape index (κ2) is 3.87. The summed E-state index contributed by atoms with van der Waals surface area (Å²) in [6.07, 6.45) is 1.54. The number of primary amides is 1. The molecule has 4 nitrogen and oxygen atoms in total. The Balaban J connectivity index is 2.60. The number of rotatable bonds is 4. The molecule has 13 heavy (non-hydrogen) atoms. The highest BCUT2D eigenvalue weighted by atomic mass is 16.2. The largest absolute Gasteiger partial charge is 0.368 e. The Labute approximate surface area is 78.1 Å². The van der Waals surface area contributed by atoms with Gasteiger partial charge in [-0.3, -0.25) is 14.5 Å². The van der Waals surface area contributed by atoms with Crippen molar-refractivity contribution >= 4 is 11.7 Å². The van der Waals surface area contributed by atoms with Gasteiger partial charge in [0.05, 0.1) is 12.1 Å². The number of ketones is 1. The number of nitrogens with zero attached hydrogens (tertiary/aromatic N) is 1. The molecule has 1 fully saturated rings. The van der Waals surface area contributed by atoms with E-state index < -0.39 is 0 Å². The smallest absolute Gasteiger partial charge is 0.234 e. The summed E-state index contributed by atoms with van der Waals surface area (Å²) in [5.41, 5.74) is 5.19. The Morgan fingerprint density at radius 3 is 2.46 bits per heavy atom. The van der Waals surface area contributed by atoms with Crippen LogP contribution in [0.25, 0.3) is 0 Å². The lowest BCUT2D eigenvalue weighted by Crippen LogP contribution is -2.60. The second-order valence-electron chi connectivity index (χ2n) is 3.48. The van der Waals surface area contributed by atoms with Gasteiger partial charge in [0.2, 0.25) is 5.91 Å². The van der Waals surface area contributed by atoms with E-state index in [1.807, 2.05) is 11.8 Å². The third-order valence-corrected chi connectivity index (χ3v) is 2.65. The number of likely N-dealkylation sites (tertiary alicyclic amines) is 1. The zero-order valence-corrected chi connectivity index (χ0v) is 8.12. The van der Waals surface area contributed by atoms with Gasteiger partial charge in [0, 0.05) is 6.54 Å². The molecule has 2 N–H and O–H groups in total. The normalized spacial score (nSPS) is 24.9. The molecule has 0 bridgehead atoms. The van der Waals surface area contributed by atoms with Crippen LogP contribution in [-0.4, -0.2) is 35.2 Å². The first-order chi connectivity index (χ1) is 6.07. The van der Waals surface area contributed by atoms with E-state index in [9.17, 15) is 9.59 Å².